The molecule has 1 aromatic carbocycles. The third-order valence-electron chi connectivity index (χ3n) is 3.18. The number of hydrogen-bond acceptors (Lipinski definition) is 5. The predicted octanol–water partition coefficient (Wildman–Crippen LogP) is 3.57. The van der Waals surface area contributed by atoms with Crippen molar-refractivity contribution in [3.63, 3.8) is 0 Å². The smallest absolute Gasteiger partial charge is 0.217 e. The van der Waals surface area contributed by atoms with Crippen LogP contribution in [0.2, 0.25) is 0 Å². The summed E-state index contributed by atoms with van der Waals surface area (Å²) in [7, 11) is 0. The molecule has 0 aliphatic heterocycles. The van der Waals surface area contributed by atoms with Gasteiger partial charge in [-0.15, -0.1) is 22.7 Å². The van der Waals surface area contributed by atoms with E-state index >= 15 is 0 Å². The second-order valence-corrected chi connectivity index (χ2v) is 7.18. The van der Waals surface area contributed by atoms with Crippen LogP contribution in [-0.2, 0) is 11.3 Å². The maximum absolute atomic E-state index is 11.0. The van der Waals surface area contributed by atoms with Crippen molar-refractivity contribution in [3.05, 3.63) is 52.7 Å². The average Bonchev–Trinajstić information content (AvgIpc) is 3.23. The first kappa shape index (κ1) is 17.1. The summed E-state index contributed by atoms with van der Waals surface area (Å²) in [6.07, 6.45) is 0. The number of para-hydroxylation sites is 1. The first-order valence-electron chi connectivity index (χ1n) is 7.55. The average molecular weight is 371 g/mol. The van der Waals surface area contributed by atoms with Crippen molar-refractivity contribution in [2.75, 3.05) is 5.32 Å². The minimum atomic E-state index is -0.0402. The van der Waals surface area contributed by atoms with Crippen LogP contribution in [0.15, 0.2) is 52.8 Å². The van der Waals surface area contributed by atoms with Crippen molar-refractivity contribution in [3.8, 4) is 10.6 Å². The first-order valence-corrected chi connectivity index (χ1v) is 9.25. The molecule has 0 saturated carbocycles. The number of aromatic nitrogens is 1. The number of nitrogens with zero attached hydrogens (tertiary/aromatic N) is 2. The number of aliphatic imine (C=N–C) groups is 1. The molecule has 2 heterocycles. The highest BCUT2D eigenvalue weighted by molar-refractivity contribution is 7.16. The molecule has 6 nitrogen and oxygen atoms in total. The van der Waals surface area contributed by atoms with Gasteiger partial charge in [0, 0.05) is 22.9 Å². The van der Waals surface area contributed by atoms with Gasteiger partial charge in [0.2, 0.25) is 17.0 Å². The number of thiazole rings is 1. The Balaban J connectivity index is 1.67. The van der Waals surface area contributed by atoms with Crippen LogP contribution in [-0.4, -0.2) is 16.9 Å². The Morgan fingerprint density at radius 1 is 1.24 bits per heavy atom. The van der Waals surface area contributed by atoms with Gasteiger partial charge in [0.1, 0.15) is 0 Å². The molecule has 3 aromatic rings. The van der Waals surface area contributed by atoms with Crippen LogP contribution in [0.3, 0.4) is 0 Å². The van der Waals surface area contributed by atoms with Crippen LogP contribution in [0.4, 0.5) is 10.8 Å². The monoisotopic (exact) mass is 371 g/mol. The zero-order valence-electron chi connectivity index (χ0n) is 13.5. The van der Waals surface area contributed by atoms with Gasteiger partial charge < -0.3 is 16.4 Å². The van der Waals surface area contributed by atoms with Crippen molar-refractivity contribution in [1.82, 2.24) is 10.3 Å². The van der Waals surface area contributed by atoms with Crippen molar-refractivity contribution in [2.24, 2.45) is 10.7 Å². The SMILES string of the molecule is CC(=O)NCc1ccc(-c2csc(N=C(N)Nc3ccccc3)n2)s1. The summed E-state index contributed by atoms with van der Waals surface area (Å²) in [5.41, 5.74) is 7.66. The molecule has 128 valence electrons. The third kappa shape index (κ3) is 4.88. The molecule has 0 saturated heterocycles. The third-order valence-corrected chi connectivity index (χ3v) is 5.02. The van der Waals surface area contributed by atoms with E-state index in [0.29, 0.717) is 17.6 Å². The predicted molar refractivity (Wildman–Crippen MR) is 104 cm³/mol. The van der Waals surface area contributed by atoms with Gasteiger partial charge in [0.25, 0.3) is 0 Å². The maximum Gasteiger partial charge on any atom is 0.217 e. The normalized spacial score (nSPS) is 11.3. The molecule has 0 unspecified atom stereocenters. The Hall–Kier alpha value is -2.71. The first-order chi connectivity index (χ1) is 12.1. The highest BCUT2D eigenvalue weighted by Gasteiger charge is 2.08. The number of nitrogens with two attached hydrogens (primary N) is 1. The van der Waals surface area contributed by atoms with Gasteiger partial charge in [-0.2, -0.15) is 4.99 Å². The number of thiophene rings is 1. The van der Waals surface area contributed by atoms with Crippen molar-refractivity contribution in [1.29, 1.82) is 0 Å². The van der Waals surface area contributed by atoms with Gasteiger partial charge in [-0.1, -0.05) is 18.2 Å². The fraction of sp³-hybridized carbons (Fsp3) is 0.118. The molecule has 0 atom stereocenters. The van der Waals surface area contributed by atoms with Crippen LogP contribution in [0.1, 0.15) is 11.8 Å². The van der Waals surface area contributed by atoms with Crippen LogP contribution in [0, 0.1) is 0 Å². The van der Waals surface area contributed by atoms with Gasteiger partial charge in [0.15, 0.2) is 0 Å². The van der Waals surface area contributed by atoms with E-state index in [1.54, 1.807) is 11.3 Å². The Kier molecular flexibility index (Phi) is 5.42. The molecule has 2 aromatic heterocycles. The maximum atomic E-state index is 11.0. The molecule has 1 amide bonds. The minimum absolute atomic E-state index is 0.0402. The van der Waals surface area contributed by atoms with Gasteiger partial charge in [-0.3, -0.25) is 4.79 Å². The molecule has 4 N–H and O–H groups in total. The molecule has 0 bridgehead atoms. The van der Waals surface area contributed by atoms with E-state index in [4.69, 9.17) is 5.73 Å². The lowest BCUT2D eigenvalue weighted by Crippen LogP contribution is -2.21. The number of carbonyl (C=O) groups excluding carboxylic acids is 1. The lowest BCUT2D eigenvalue weighted by Gasteiger charge is -2.03. The van der Waals surface area contributed by atoms with E-state index in [0.717, 1.165) is 21.1 Å². The molecular formula is C17H17N5OS2. The number of hydrogen-bond donors (Lipinski definition) is 3. The molecule has 3 rings (SSSR count). The van der Waals surface area contributed by atoms with E-state index in [1.165, 1.54) is 18.3 Å². The zero-order chi connectivity index (χ0) is 17.6. The molecular weight excluding hydrogens is 354 g/mol. The lowest BCUT2D eigenvalue weighted by atomic mass is 10.3. The van der Waals surface area contributed by atoms with Crippen molar-refractivity contribution >= 4 is 45.4 Å². The van der Waals surface area contributed by atoms with Gasteiger partial charge in [0.05, 0.1) is 17.1 Å². The summed E-state index contributed by atoms with van der Waals surface area (Å²) in [5.74, 6) is 0.256. The van der Waals surface area contributed by atoms with Crippen LogP contribution < -0.4 is 16.4 Å². The Morgan fingerprint density at radius 2 is 2.04 bits per heavy atom. The van der Waals surface area contributed by atoms with Crippen LogP contribution in [0.5, 0.6) is 0 Å². The topological polar surface area (TPSA) is 92.4 Å². The van der Waals surface area contributed by atoms with Crippen molar-refractivity contribution in [2.45, 2.75) is 13.5 Å². The molecule has 0 aliphatic rings. The highest BCUT2D eigenvalue weighted by atomic mass is 32.1. The van der Waals surface area contributed by atoms with Gasteiger partial charge in [-0.05, 0) is 24.3 Å². The van der Waals surface area contributed by atoms with E-state index in [9.17, 15) is 4.79 Å². The molecule has 8 heteroatoms. The number of rotatable bonds is 5. The molecule has 0 radical (unpaired) electrons. The van der Waals surface area contributed by atoms with E-state index < -0.39 is 0 Å². The highest BCUT2D eigenvalue weighted by Crippen LogP contribution is 2.31. The second kappa shape index (κ2) is 7.91. The number of anilines is 1. The van der Waals surface area contributed by atoms with Crippen LogP contribution >= 0.6 is 22.7 Å². The van der Waals surface area contributed by atoms with E-state index in [-0.39, 0.29) is 5.91 Å². The quantitative estimate of drug-likeness (QED) is 0.472. The number of carbonyl (C=O) groups is 1. The summed E-state index contributed by atoms with van der Waals surface area (Å²) in [6.45, 7) is 2.04. The summed E-state index contributed by atoms with van der Waals surface area (Å²) >= 11 is 3.03. The van der Waals surface area contributed by atoms with Gasteiger partial charge in [-0.25, -0.2) is 4.98 Å². The van der Waals surface area contributed by atoms with E-state index in [2.05, 4.69) is 20.6 Å². The second-order valence-electron chi connectivity index (χ2n) is 5.18. The fourth-order valence-electron chi connectivity index (χ4n) is 2.05. The van der Waals surface area contributed by atoms with Crippen LogP contribution in [0.25, 0.3) is 10.6 Å². The Labute approximate surface area is 153 Å². The number of guanidine groups is 1. The zero-order valence-corrected chi connectivity index (χ0v) is 15.2. The number of nitrogens with one attached hydrogen (secondary N) is 2. The Bertz CT molecular complexity index is 885. The fourth-order valence-corrected chi connectivity index (χ4v) is 3.73. The minimum Gasteiger partial charge on any atom is -0.369 e. The van der Waals surface area contributed by atoms with E-state index in [1.807, 2.05) is 47.8 Å². The lowest BCUT2D eigenvalue weighted by molar-refractivity contribution is -0.119. The molecule has 0 fully saturated rings. The largest absolute Gasteiger partial charge is 0.369 e. The van der Waals surface area contributed by atoms with Gasteiger partial charge >= 0.3 is 0 Å². The van der Waals surface area contributed by atoms with Crippen molar-refractivity contribution < 1.29 is 4.79 Å². The number of amides is 1. The molecule has 0 aliphatic carbocycles. The summed E-state index contributed by atoms with van der Waals surface area (Å²) in [6, 6.07) is 13.6. The standard InChI is InChI=1S/C17H17N5OS2/c1-11(23)19-9-13-7-8-15(25-13)14-10-24-17(21-14)22-16(18)20-12-5-3-2-4-6-12/h2-8,10H,9H2,1H3,(H,19,23)(H3,18,20,21,22). The summed E-state index contributed by atoms with van der Waals surface area (Å²) in [4.78, 5) is 21.9. The Morgan fingerprint density at radius 3 is 2.80 bits per heavy atom. The molecule has 25 heavy (non-hydrogen) atoms. The summed E-state index contributed by atoms with van der Waals surface area (Å²) in [5, 5.41) is 8.35. The number of benzene rings is 1. The summed E-state index contributed by atoms with van der Waals surface area (Å²) < 4.78 is 0. The molecule has 0 spiro atoms.